The average Bonchev–Trinajstić information content (AvgIpc) is 3.04. The van der Waals surface area contributed by atoms with E-state index in [1.165, 1.54) is 20.6 Å². The molecule has 0 amide bonds. The Kier molecular flexibility index (Phi) is 12.5. The van der Waals surface area contributed by atoms with Gasteiger partial charge in [0, 0.05) is 14.2 Å². The van der Waals surface area contributed by atoms with Crippen molar-refractivity contribution >= 4 is 15.2 Å². The number of benzene rings is 4. The Morgan fingerprint density at radius 1 is 0.652 bits per heavy atom. The van der Waals surface area contributed by atoms with Crippen molar-refractivity contribution in [2.24, 2.45) is 0 Å². The van der Waals surface area contributed by atoms with Crippen LogP contribution < -0.4 is 9.05 Å². The van der Waals surface area contributed by atoms with Gasteiger partial charge in [-0.25, -0.2) is 9.13 Å². The molecule has 4 rings (SSSR count). The normalized spacial score (nSPS) is 14.3. The van der Waals surface area contributed by atoms with Crippen molar-refractivity contribution in [1.29, 1.82) is 0 Å². The van der Waals surface area contributed by atoms with Crippen molar-refractivity contribution in [1.82, 2.24) is 0 Å². The van der Waals surface area contributed by atoms with E-state index in [2.05, 4.69) is 20.8 Å². The molecule has 0 radical (unpaired) electrons. The standard InChI is InChI=1S/C38H48O6P2/c1-7-8-9-16-24-38(3,4)34-26-35(43-45(39,41-5)28-31-19-12-10-13-20-31)37(33-23-17-18-30(2)25-33)36(27-34)44-46(40,42-6)29-32-21-14-11-15-22-32/h10-15,17-23,25-27H,7-9,16,24,28-29H2,1-6H3. The summed E-state index contributed by atoms with van der Waals surface area (Å²) in [5.41, 5.74) is 4.65. The van der Waals surface area contributed by atoms with Gasteiger partial charge in [-0.2, -0.15) is 0 Å². The second-order valence-corrected chi connectivity index (χ2v) is 16.6. The van der Waals surface area contributed by atoms with Crippen LogP contribution in [-0.2, 0) is 35.9 Å². The van der Waals surface area contributed by atoms with Crippen LogP contribution in [0.4, 0.5) is 0 Å². The van der Waals surface area contributed by atoms with Gasteiger partial charge in [0.05, 0.1) is 17.9 Å². The van der Waals surface area contributed by atoms with Crippen molar-refractivity contribution in [2.75, 3.05) is 14.2 Å². The van der Waals surface area contributed by atoms with Crippen LogP contribution in [0.15, 0.2) is 97.1 Å². The van der Waals surface area contributed by atoms with Crippen LogP contribution in [0, 0.1) is 6.92 Å². The van der Waals surface area contributed by atoms with Gasteiger partial charge >= 0.3 is 15.2 Å². The lowest BCUT2D eigenvalue weighted by Gasteiger charge is -2.30. The summed E-state index contributed by atoms with van der Waals surface area (Å²) in [4.78, 5) is 0. The minimum atomic E-state index is -3.69. The minimum Gasteiger partial charge on any atom is -0.423 e. The summed E-state index contributed by atoms with van der Waals surface area (Å²) in [6, 6.07) is 30.8. The maximum absolute atomic E-state index is 14.3. The van der Waals surface area contributed by atoms with Gasteiger partial charge in [0.15, 0.2) is 0 Å². The number of unbranched alkanes of at least 4 members (excludes halogenated alkanes) is 3. The zero-order chi connectivity index (χ0) is 33.2. The fraction of sp³-hybridized carbons (Fsp3) is 0.368. The Hall–Kier alpha value is -3.14. The molecule has 0 aromatic heterocycles. The van der Waals surface area contributed by atoms with Crippen LogP contribution in [0.1, 0.15) is 75.1 Å². The zero-order valence-corrected chi connectivity index (χ0v) is 29.8. The summed E-state index contributed by atoms with van der Waals surface area (Å²) in [5, 5.41) is 0. The third-order valence-electron chi connectivity index (χ3n) is 8.28. The summed E-state index contributed by atoms with van der Waals surface area (Å²) in [6.45, 7) is 8.58. The maximum Gasteiger partial charge on any atom is 0.383 e. The second kappa shape index (κ2) is 16.1. The summed E-state index contributed by atoms with van der Waals surface area (Å²) < 4.78 is 52.9. The number of hydrogen-bond acceptors (Lipinski definition) is 6. The molecule has 0 bridgehead atoms. The molecule has 0 aliphatic carbocycles. The minimum absolute atomic E-state index is 0.0863. The van der Waals surface area contributed by atoms with E-state index in [0.717, 1.165) is 53.5 Å². The molecule has 246 valence electrons. The lowest BCUT2D eigenvalue weighted by atomic mass is 9.79. The molecule has 4 aromatic rings. The molecule has 46 heavy (non-hydrogen) atoms. The van der Waals surface area contributed by atoms with E-state index in [1.807, 2.05) is 104 Å². The van der Waals surface area contributed by atoms with E-state index in [4.69, 9.17) is 18.1 Å². The summed E-state index contributed by atoms with van der Waals surface area (Å²) >= 11 is 0. The second-order valence-electron chi connectivity index (χ2n) is 12.5. The highest BCUT2D eigenvalue weighted by Crippen LogP contribution is 2.58. The fourth-order valence-electron chi connectivity index (χ4n) is 5.53. The van der Waals surface area contributed by atoms with E-state index in [0.29, 0.717) is 17.1 Å². The van der Waals surface area contributed by atoms with Crippen LogP contribution in [0.2, 0.25) is 0 Å². The molecule has 0 heterocycles. The van der Waals surface area contributed by atoms with Crippen molar-refractivity contribution in [3.05, 3.63) is 119 Å². The van der Waals surface area contributed by atoms with Gasteiger partial charge in [-0.1, -0.05) is 137 Å². The van der Waals surface area contributed by atoms with E-state index >= 15 is 0 Å². The third-order valence-corrected chi connectivity index (χ3v) is 11.8. The first kappa shape index (κ1) is 35.7. The van der Waals surface area contributed by atoms with Crippen molar-refractivity contribution < 1.29 is 27.2 Å². The van der Waals surface area contributed by atoms with Crippen LogP contribution >= 0.6 is 15.2 Å². The average molecular weight is 663 g/mol. The highest BCUT2D eigenvalue weighted by atomic mass is 31.2. The molecule has 0 saturated heterocycles. The van der Waals surface area contributed by atoms with Crippen LogP contribution in [0.25, 0.3) is 11.1 Å². The van der Waals surface area contributed by atoms with Crippen LogP contribution in [0.3, 0.4) is 0 Å². The molecule has 0 spiro atoms. The summed E-state index contributed by atoms with van der Waals surface area (Å²) in [6.07, 6.45) is 5.63. The van der Waals surface area contributed by atoms with E-state index in [-0.39, 0.29) is 17.7 Å². The highest BCUT2D eigenvalue weighted by Gasteiger charge is 2.34. The Balaban J connectivity index is 1.90. The lowest BCUT2D eigenvalue weighted by Crippen LogP contribution is -2.18. The molecule has 0 aliphatic heterocycles. The lowest BCUT2D eigenvalue weighted by molar-refractivity contribution is 0.317. The highest BCUT2D eigenvalue weighted by molar-refractivity contribution is 7.53. The topological polar surface area (TPSA) is 71.1 Å². The molecule has 0 fully saturated rings. The SMILES string of the molecule is CCCCCCC(C)(C)c1cc(OP(=O)(Cc2ccccc2)OC)c(-c2cccc(C)c2)c(OP(=O)(Cc2ccccc2)OC)c1. The molecule has 8 heteroatoms. The first-order valence-corrected chi connectivity index (χ1v) is 19.5. The molecule has 0 saturated carbocycles. The van der Waals surface area contributed by atoms with E-state index in [1.54, 1.807) is 0 Å². The predicted octanol–water partition coefficient (Wildman–Crippen LogP) is 11.7. The molecule has 2 atom stereocenters. The first-order chi connectivity index (χ1) is 22.0. The van der Waals surface area contributed by atoms with Gasteiger partial charge in [0.2, 0.25) is 0 Å². The third kappa shape index (κ3) is 9.69. The molecular formula is C38H48O6P2. The molecule has 0 N–H and O–H groups in total. The smallest absolute Gasteiger partial charge is 0.383 e. The monoisotopic (exact) mass is 662 g/mol. The van der Waals surface area contributed by atoms with Crippen molar-refractivity contribution in [3.8, 4) is 22.6 Å². The molecule has 6 nitrogen and oxygen atoms in total. The number of rotatable bonds is 17. The number of hydrogen-bond donors (Lipinski definition) is 0. The van der Waals surface area contributed by atoms with Gasteiger partial charge in [-0.05, 0) is 53.1 Å². The van der Waals surface area contributed by atoms with Crippen LogP contribution in [0.5, 0.6) is 11.5 Å². The Labute approximate surface area is 275 Å². The Bertz CT molecular complexity index is 1570. The Morgan fingerprint density at radius 2 is 1.17 bits per heavy atom. The summed E-state index contributed by atoms with van der Waals surface area (Å²) in [5.74, 6) is 0.700. The predicted molar refractivity (Wildman–Crippen MR) is 189 cm³/mol. The number of aryl methyl sites for hydroxylation is 1. The van der Waals surface area contributed by atoms with Gasteiger partial charge < -0.3 is 18.1 Å². The zero-order valence-electron chi connectivity index (χ0n) is 28.0. The molecule has 0 aliphatic rings. The van der Waals surface area contributed by atoms with Gasteiger partial charge in [-0.3, -0.25) is 0 Å². The van der Waals surface area contributed by atoms with Gasteiger partial charge in [0.25, 0.3) is 0 Å². The molecular weight excluding hydrogens is 614 g/mol. The first-order valence-electron chi connectivity index (χ1n) is 16.0. The molecule has 4 aromatic carbocycles. The van der Waals surface area contributed by atoms with E-state index in [9.17, 15) is 9.13 Å². The van der Waals surface area contributed by atoms with Crippen molar-refractivity contribution in [3.63, 3.8) is 0 Å². The summed E-state index contributed by atoms with van der Waals surface area (Å²) in [7, 11) is -4.57. The van der Waals surface area contributed by atoms with Gasteiger partial charge in [-0.15, -0.1) is 0 Å². The maximum atomic E-state index is 14.3. The van der Waals surface area contributed by atoms with Crippen LogP contribution in [-0.4, -0.2) is 14.2 Å². The van der Waals surface area contributed by atoms with Gasteiger partial charge in [0.1, 0.15) is 11.5 Å². The quantitative estimate of drug-likeness (QED) is 0.0828. The fourth-order valence-corrected chi connectivity index (χ4v) is 8.27. The van der Waals surface area contributed by atoms with E-state index < -0.39 is 15.2 Å². The largest absolute Gasteiger partial charge is 0.423 e. The van der Waals surface area contributed by atoms with Crippen molar-refractivity contribution in [2.45, 2.75) is 77.5 Å². The molecule has 2 unspecified atom stereocenters. The Morgan fingerprint density at radius 3 is 1.63 bits per heavy atom.